The molecule has 1 atom stereocenters. The number of fused-ring (bicyclic) bond motifs is 3. The van der Waals surface area contributed by atoms with Crippen LogP contribution in [0.15, 0.2) is 106 Å². The molecule has 0 N–H and O–H groups in total. The number of benzene rings is 4. The average Bonchev–Trinajstić information content (AvgIpc) is 3.27. The zero-order valence-electron chi connectivity index (χ0n) is 18.6. The van der Waals surface area contributed by atoms with E-state index in [1.807, 2.05) is 66.7 Å². The number of aromatic nitrogens is 3. The number of rotatable bonds is 4. The highest BCUT2D eigenvalue weighted by atomic mass is 32.2. The van der Waals surface area contributed by atoms with Crippen LogP contribution in [0.2, 0.25) is 0 Å². The molecule has 0 saturated carbocycles. The van der Waals surface area contributed by atoms with E-state index in [9.17, 15) is 0 Å². The van der Waals surface area contributed by atoms with E-state index in [0.29, 0.717) is 17.5 Å². The van der Waals surface area contributed by atoms with Crippen molar-refractivity contribution < 1.29 is 4.42 Å². The van der Waals surface area contributed by atoms with Crippen molar-refractivity contribution in [2.75, 3.05) is 6.26 Å². The minimum atomic E-state index is -0.147. The molecular formula is C29H21N3OS. The van der Waals surface area contributed by atoms with E-state index in [1.54, 1.807) is 0 Å². The minimum absolute atomic E-state index is 0.147. The van der Waals surface area contributed by atoms with Crippen molar-refractivity contribution in [2.24, 2.45) is 0 Å². The third kappa shape index (κ3) is 3.60. The van der Waals surface area contributed by atoms with Crippen LogP contribution in [0.1, 0.15) is 0 Å². The van der Waals surface area contributed by atoms with Crippen LogP contribution < -0.4 is 0 Å². The molecule has 0 amide bonds. The first kappa shape index (κ1) is 20.5. The summed E-state index contributed by atoms with van der Waals surface area (Å²) in [5.41, 5.74) is 4.50. The zero-order valence-corrected chi connectivity index (χ0v) is 19.4. The standard InChI is InChI=1S/C29H21N3OS/c1-34(2)25-15-9-14-23-22-17-16-21(18-24(22)33-26(23)25)29-31-27(19-10-5-3-6-11-19)30-28(32-29)20-12-7-4-8-13-20/h3-18H,1H2,2H3. The number of para-hydroxylation sites is 1. The maximum atomic E-state index is 6.33. The third-order valence-corrected chi connectivity index (χ3v) is 6.87. The van der Waals surface area contributed by atoms with Crippen LogP contribution in [0.5, 0.6) is 0 Å². The molecule has 4 nitrogen and oxygen atoms in total. The van der Waals surface area contributed by atoms with Gasteiger partial charge in [-0.3, -0.25) is 0 Å². The molecule has 0 aliphatic rings. The van der Waals surface area contributed by atoms with Crippen LogP contribution in [-0.2, 0) is 0 Å². The van der Waals surface area contributed by atoms with Gasteiger partial charge in [0.2, 0.25) is 0 Å². The summed E-state index contributed by atoms with van der Waals surface area (Å²) in [7, 11) is -0.147. The molecule has 0 fully saturated rings. The first-order chi connectivity index (χ1) is 16.7. The lowest BCUT2D eigenvalue weighted by Crippen LogP contribution is -2.00. The Kier molecular flexibility index (Phi) is 5.04. The van der Waals surface area contributed by atoms with Crippen LogP contribution >= 0.6 is 10.5 Å². The molecule has 0 spiro atoms. The highest BCUT2D eigenvalue weighted by molar-refractivity contribution is 8.13. The lowest BCUT2D eigenvalue weighted by molar-refractivity contribution is 0.660. The fraction of sp³-hybridized carbons (Fsp3) is 0.0345. The van der Waals surface area contributed by atoms with Gasteiger partial charge in [-0.15, -0.1) is 0 Å². The minimum Gasteiger partial charge on any atom is -0.455 e. The second-order valence-corrected chi connectivity index (χ2v) is 9.84. The van der Waals surface area contributed by atoms with E-state index in [2.05, 4.69) is 42.5 Å². The highest BCUT2D eigenvalue weighted by Crippen LogP contribution is 2.37. The number of furan rings is 1. The molecule has 5 heteroatoms. The summed E-state index contributed by atoms with van der Waals surface area (Å²) in [5.74, 6) is 6.11. The summed E-state index contributed by atoms with van der Waals surface area (Å²) < 4.78 is 6.33. The molecule has 6 aromatic rings. The topological polar surface area (TPSA) is 51.8 Å². The molecule has 0 aliphatic carbocycles. The van der Waals surface area contributed by atoms with Crippen LogP contribution in [0.3, 0.4) is 0 Å². The Bertz CT molecular complexity index is 1620. The molecular weight excluding hydrogens is 438 g/mol. The molecule has 164 valence electrons. The van der Waals surface area contributed by atoms with E-state index >= 15 is 0 Å². The van der Waals surface area contributed by atoms with Crippen LogP contribution in [0.4, 0.5) is 0 Å². The van der Waals surface area contributed by atoms with Gasteiger partial charge in [0.1, 0.15) is 11.2 Å². The van der Waals surface area contributed by atoms with Crippen molar-refractivity contribution in [2.45, 2.75) is 4.90 Å². The summed E-state index contributed by atoms with van der Waals surface area (Å²) in [5, 5.41) is 2.18. The largest absolute Gasteiger partial charge is 0.455 e. The summed E-state index contributed by atoms with van der Waals surface area (Å²) in [6.45, 7) is 0. The Labute approximate surface area is 199 Å². The monoisotopic (exact) mass is 459 g/mol. The van der Waals surface area contributed by atoms with Gasteiger partial charge in [0, 0.05) is 32.4 Å². The fourth-order valence-corrected chi connectivity index (χ4v) is 4.90. The van der Waals surface area contributed by atoms with E-state index in [-0.39, 0.29) is 10.5 Å². The molecule has 0 aliphatic heterocycles. The maximum absolute atomic E-state index is 6.33. The van der Waals surface area contributed by atoms with E-state index in [4.69, 9.17) is 19.4 Å². The molecule has 2 heterocycles. The first-order valence-corrected chi connectivity index (χ1v) is 12.8. The van der Waals surface area contributed by atoms with Crippen LogP contribution in [-0.4, -0.2) is 27.1 Å². The van der Waals surface area contributed by atoms with E-state index in [1.165, 1.54) is 0 Å². The summed E-state index contributed by atoms with van der Waals surface area (Å²) in [6, 6.07) is 32.4. The zero-order chi connectivity index (χ0) is 23.1. The lowest BCUT2D eigenvalue weighted by Gasteiger charge is -2.08. The summed E-state index contributed by atoms with van der Waals surface area (Å²) in [4.78, 5) is 15.6. The van der Waals surface area contributed by atoms with Gasteiger partial charge in [0.15, 0.2) is 17.5 Å². The Morgan fingerprint density at radius 1 is 0.618 bits per heavy atom. The Morgan fingerprint density at radius 2 is 1.21 bits per heavy atom. The molecule has 34 heavy (non-hydrogen) atoms. The summed E-state index contributed by atoms with van der Waals surface area (Å²) >= 11 is 0. The first-order valence-electron chi connectivity index (χ1n) is 11.0. The molecule has 4 aromatic carbocycles. The van der Waals surface area contributed by atoms with Gasteiger partial charge in [-0.25, -0.2) is 15.0 Å². The molecule has 1 unspecified atom stereocenters. The van der Waals surface area contributed by atoms with Gasteiger partial charge in [-0.2, -0.15) is 10.5 Å². The molecule has 0 saturated heterocycles. The molecule has 6 rings (SSSR count). The second-order valence-electron chi connectivity index (χ2n) is 8.12. The van der Waals surface area contributed by atoms with E-state index < -0.39 is 0 Å². The average molecular weight is 460 g/mol. The quantitative estimate of drug-likeness (QED) is 0.257. The van der Waals surface area contributed by atoms with Gasteiger partial charge < -0.3 is 4.42 Å². The maximum Gasteiger partial charge on any atom is 0.164 e. The van der Waals surface area contributed by atoms with Crippen molar-refractivity contribution in [3.05, 3.63) is 97.1 Å². The van der Waals surface area contributed by atoms with Gasteiger partial charge in [-0.1, -0.05) is 84.7 Å². The molecule has 2 aromatic heterocycles. The van der Waals surface area contributed by atoms with Crippen LogP contribution in [0, 0.1) is 0 Å². The highest BCUT2D eigenvalue weighted by Gasteiger charge is 2.15. The predicted molar refractivity (Wildman–Crippen MR) is 142 cm³/mol. The van der Waals surface area contributed by atoms with E-state index in [0.717, 1.165) is 43.5 Å². The number of hydrogen-bond donors (Lipinski definition) is 0. The fourth-order valence-electron chi connectivity index (χ4n) is 4.12. The van der Waals surface area contributed by atoms with Crippen molar-refractivity contribution >= 4 is 38.3 Å². The summed E-state index contributed by atoms with van der Waals surface area (Å²) in [6.07, 6.45) is 2.11. The van der Waals surface area contributed by atoms with Crippen LogP contribution in [0.25, 0.3) is 56.1 Å². The van der Waals surface area contributed by atoms with Gasteiger partial charge >= 0.3 is 0 Å². The van der Waals surface area contributed by atoms with Gasteiger partial charge in [0.25, 0.3) is 0 Å². The number of nitrogens with zero attached hydrogens (tertiary/aromatic N) is 3. The Hall–Kier alpha value is -4.09. The normalized spacial score (nSPS) is 12.3. The van der Waals surface area contributed by atoms with Gasteiger partial charge in [0.05, 0.1) is 0 Å². The lowest BCUT2D eigenvalue weighted by atomic mass is 10.1. The Balaban J connectivity index is 1.56. The second kappa shape index (κ2) is 8.36. The number of hydrogen-bond acceptors (Lipinski definition) is 4. The third-order valence-electron chi connectivity index (χ3n) is 5.80. The SMILES string of the molecule is C=S(C)c1cccc2c1oc1cc(-c3nc(-c4ccccc4)nc(-c4ccccc4)n3)ccc12. The molecule has 0 bridgehead atoms. The smallest absolute Gasteiger partial charge is 0.164 e. The predicted octanol–water partition coefficient (Wildman–Crippen LogP) is 7.46. The Morgan fingerprint density at radius 3 is 1.79 bits per heavy atom. The van der Waals surface area contributed by atoms with Crippen molar-refractivity contribution in [3.63, 3.8) is 0 Å². The van der Waals surface area contributed by atoms with Crippen molar-refractivity contribution in [3.8, 4) is 34.2 Å². The molecule has 0 radical (unpaired) electrons. The van der Waals surface area contributed by atoms with Crippen molar-refractivity contribution in [1.29, 1.82) is 0 Å². The van der Waals surface area contributed by atoms with Gasteiger partial charge in [-0.05, 0) is 24.5 Å². The van der Waals surface area contributed by atoms with Crippen molar-refractivity contribution in [1.82, 2.24) is 15.0 Å².